The van der Waals surface area contributed by atoms with E-state index in [1.54, 1.807) is 11.8 Å². The van der Waals surface area contributed by atoms with E-state index in [9.17, 15) is 4.79 Å². The van der Waals surface area contributed by atoms with E-state index in [1.165, 1.54) is 5.56 Å². The first-order valence-corrected chi connectivity index (χ1v) is 16.3. The van der Waals surface area contributed by atoms with Crippen molar-refractivity contribution < 1.29 is 14.3 Å². The molecule has 0 unspecified atom stereocenters. The third-order valence-electron chi connectivity index (χ3n) is 8.17. The number of amides is 1. The highest BCUT2D eigenvalue weighted by Crippen LogP contribution is 2.33. The van der Waals surface area contributed by atoms with E-state index in [0.29, 0.717) is 23.1 Å². The summed E-state index contributed by atoms with van der Waals surface area (Å²) in [4.78, 5) is 22.2. The molecule has 44 heavy (non-hydrogen) atoms. The molecule has 2 aromatic heterocycles. The van der Waals surface area contributed by atoms with Gasteiger partial charge in [-0.25, -0.2) is 4.98 Å². The summed E-state index contributed by atoms with van der Waals surface area (Å²) in [5.74, 6) is 2.69. The lowest BCUT2D eigenvalue weighted by molar-refractivity contribution is -0.133. The maximum Gasteiger partial charge on any atom is 0.231 e. The molecule has 2 aliphatic heterocycles. The molecule has 0 radical (unpaired) electrons. The maximum absolute atomic E-state index is 12.9. The zero-order valence-electron chi connectivity index (χ0n) is 24.3. The lowest BCUT2D eigenvalue weighted by atomic mass is 10.1. The van der Waals surface area contributed by atoms with Crippen LogP contribution >= 0.6 is 23.4 Å². The van der Waals surface area contributed by atoms with Crippen molar-refractivity contribution in [3.8, 4) is 11.5 Å². The van der Waals surface area contributed by atoms with E-state index in [2.05, 4.69) is 50.0 Å². The molecule has 0 atom stereocenters. The van der Waals surface area contributed by atoms with Gasteiger partial charge in [-0.1, -0.05) is 59.8 Å². The number of halogens is 1. The summed E-state index contributed by atoms with van der Waals surface area (Å²) in [6, 6.07) is 22.2. The maximum atomic E-state index is 12.9. The number of carbonyl (C=O) groups is 1. The first-order valence-electron chi connectivity index (χ1n) is 15.0. The standard InChI is InChI=1S/C33H33ClN6O3S/c34-25-7-5-6-23(18-25)21-40-27-9-2-1-8-26(27)31-32(40)35-33(37-36-31)44-17-4-3-10-30(41)39-15-13-38(14-16-39)20-24-11-12-28-29(19-24)43-22-42-28/h1-2,5-9,11-12,18-19H,3-4,10,13-17,20-22H2. The average molecular weight is 629 g/mol. The van der Waals surface area contributed by atoms with Crippen molar-refractivity contribution in [2.24, 2.45) is 0 Å². The van der Waals surface area contributed by atoms with E-state index < -0.39 is 0 Å². The topological polar surface area (TPSA) is 85.6 Å². The van der Waals surface area contributed by atoms with Crippen LogP contribution in [0.3, 0.4) is 0 Å². The lowest BCUT2D eigenvalue weighted by Gasteiger charge is -2.34. The molecule has 2 aliphatic rings. The summed E-state index contributed by atoms with van der Waals surface area (Å²) < 4.78 is 13.1. The Morgan fingerprint density at radius 2 is 1.70 bits per heavy atom. The Morgan fingerprint density at radius 3 is 2.59 bits per heavy atom. The minimum Gasteiger partial charge on any atom is -0.454 e. The molecule has 1 amide bonds. The van der Waals surface area contributed by atoms with Crippen molar-refractivity contribution >= 4 is 51.3 Å². The predicted molar refractivity (Wildman–Crippen MR) is 172 cm³/mol. The van der Waals surface area contributed by atoms with Crippen LogP contribution in [0, 0.1) is 0 Å². The molecule has 11 heteroatoms. The average Bonchev–Trinajstić information content (AvgIpc) is 3.63. The fraction of sp³-hybridized carbons (Fsp3) is 0.333. The fourth-order valence-electron chi connectivity index (χ4n) is 5.88. The van der Waals surface area contributed by atoms with Gasteiger partial charge in [-0.15, -0.1) is 10.2 Å². The highest BCUT2D eigenvalue weighted by molar-refractivity contribution is 7.99. The Balaban J connectivity index is 0.895. The van der Waals surface area contributed by atoms with Crippen molar-refractivity contribution in [3.63, 3.8) is 0 Å². The van der Waals surface area contributed by atoms with E-state index in [1.807, 2.05) is 41.3 Å². The Hall–Kier alpha value is -3.86. The number of thioether (sulfide) groups is 1. The van der Waals surface area contributed by atoms with Gasteiger partial charge < -0.3 is 18.9 Å². The quantitative estimate of drug-likeness (QED) is 0.137. The number of para-hydroxylation sites is 1. The molecule has 0 saturated carbocycles. The van der Waals surface area contributed by atoms with Crippen LogP contribution in [-0.2, 0) is 17.9 Å². The van der Waals surface area contributed by atoms with Gasteiger partial charge in [-0.2, -0.15) is 0 Å². The highest BCUT2D eigenvalue weighted by Gasteiger charge is 2.22. The van der Waals surface area contributed by atoms with Crippen LogP contribution in [0.1, 0.15) is 30.4 Å². The first kappa shape index (κ1) is 28.9. The largest absolute Gasteiger partial charge is 0.454 e. The number of nitrogens with zero attached hydrogens (tertiary/aromatic N) is 6. The molecule has 7 rings (SSSR count). The zero-order valence-corrected chi connectivity index (χ0v) is 25.9. The first-order chi connectivity index (χ1) is 21.6. The molecule has 1 fully saturated rings. The van der Waals surface area contributed by atoms with Crippen molar-refractivity contribution in [1.29, 1.82) is 0 Å². The third kappa shape index (κ3) is 6.33. The number of aromatic nitrogens is 4. The van der Waals surface area contributed by atoms with Gasteiger partial charge in [0.2, 0.25) is 17.9 Å². The molecular formula is C33H33ClN6O3S. The van der Waals surface area contributed by atoms with Gasteiger partial charge in [-0.05, 0) is 54.3 Å². The molecule has 9 nitrogen and oxygen atoms in total. The summed E-state index contributed by atoms with van der Waals surface area (Å²) in [5.41, 5.74) is 4.99. The molecule has 4 heterocycles. The summed E-state index contributed by atoms with van der Waals surface area (Å²) in [6.07, 6.45) is 2.32. The third-order valence-corrected chi connectivity index (χ3v) is 9.33. The number of rotatable bonds is 10. The van der Waals surface area contributed by atoms with Crippen LogP contribution in [0.25, 0.3) is 22.1 Å². The smallest absolute Gasteiger partial charge is 0.231 e. The number of carbonyl (C=O) groups excluding carboxylic acids is 1. The molecule has 226 valence electrons. The van der Waals surface area contributed by atoms with Gasteiger partial charge in [-0.3, -0.25) is 9.69 Å². The fourth-order valence-corrected chi connectivity index (χ4v) is 6.87. The molecular weight excluding hydrogens is 596 g/mol. The van der Waals surface area contributed by atoms with Crippen molar-refractivity contribution in [2.75, 3.05) is 38.7 Å². The number of hydrogen-bond acceptors (Lipinski definition) is 8. The summed E-state index contributed by atoms with van der Waals surface area (Å²) in [7, 11) is 0. The van der Waals surface area contributed by atoms with Gasteiger partial charge in [0.25, 0.3) is 0 Å². The van der Waals surface area contributed by atoms with Crippen molar-refractivity contribution in [2.45, 2.75) is 37.5 Å². The van der Waals surface area contributed by atoms with Crippen molar-refractivity contribution in [1.82, 2.24) is 29.5 Å². The Morgan fingerprint density at radius 1 is 0.864 bits per heavy atom. The molecule has 0 N–H and O–H groups in total. The molecule has 3 aromatic carbocycles. The summed E-state index contributed by atoms with van der Waals surface area (Å²) >= 11 is 7.85. The molecule has 0 aliphatic carbocycles. The van der Waals surface area contributed by atoms with E-state index in [-0.39, 0.29) is 12.7 Å². The molecule has 1 saturated heterocycles. The number of fused-ring (bicyclic) bond motifs is 4. The summed E-state index contributed by atoms with van der Waals surface area (Å²) in [5, 5.41) is 11.4. The SMILES string of the molecule is O=C(CCCCSc1nnc2c3ccccc3n(Cc3cccc(Cl)c3)c2n1)N1CCN(Cc2ccc3c(c2)OCO3)CC1. The second-order valence-electron chi connectivity index (χ2n) is 11.1. The van der Waals surface area contributed by atoms with Crippen LogP contribution < -0.4 is 9.47 Å². The normalized spacial score (nSPS) is 15.0. The van der Waals surface area contributed by atoms with Crippen LogP contribution in [0.4, 0.5) is 0 Å². The number of ether oxygens (including phenoxy) is 2. The van der Waals surface area contributed by atoms with Gasteiger partial charge in [0.1, 0.15) is 5.52 Å². The van der Waals surface area contributed by atoms with Gasteiger partial charge in [0.05, 0.1) is 5.52 Å². The summed E-state index contributed by atoms with van der Waals surface area (Å²) in [6.45, 7) is 5.05. The molecule has 0 bridgehead atoms. The van der Waals surface area contributed by atoms with Gasteiger partial charge >= 0.3 is 0 Å². The number of unbranched alkanes of at least 4 members (excludes halogenated alkanes) is 1. The number of benzene rings is 3. The monoisotopic (exact) mass is 628 g/mol. The second-order valence-corrected chi connectivity index (χ2v) is 12.6. The van der Waals surface area contributed by atoms with E-state index >= 15 is 0 Å². The second kappa shape index (κ2) is 13.0. The van der Waals surface area contributed by atoms with Crippen molar-refractivity contribution in [3.05, 3.63) is 82.9 Å². The van der Waals surface area contributed by atoms with Gasteiger partial charge in [0.15, 0.2) is 17.1 Å². The Labute approximate surface area is 265 Å². The van der Waals surface area contributed by atoms with E-state index in [4.69, 9.17) is 26.1 Å². The number of piperazine rings is 1. The van der Waals surface area contributed by atoms with Crippen LogP contribution in [0.15, 0.2) is 71.9 Å². The van der Waals surface area contributed by atoms with Crippen LogP contribution in [0.2, 0.25) is 5.02 Å². The Kier molecular flexibility index (Phi) is 8.54. The predicted octanol–water partition coefficient (Wildman–Crippen LogP) is 6.02. The van der Waals surface area contributed by atoms with E-state index in [0.717, 1.165) is 90.4 Å². The molecule has 5 aromatic rings. The molecule has 0 spiro atoms. The van der Waals surface area contributed by atoms with Crippen LogP contribution in [-0.4, -0.2) is 74.2 Å². The number of hydrogen-bond donors (Lipinski definition) is 0. The zero-order chi connectivity index (χ0) is 29.9. The minimum atomic E-state index is 0.239. The minimum absolute atomic E-state index is 0.239. The van der Waals surface area contributed by atoms with Gasteiger partial charge in [0, 0.05) is 61.9 Å². The highest BCUT2D eigenvalue weighted by atomic mass is 35.5. The Bertz CT molecular complexity index is 1810. The lowest BCUT2D eigenvalue weighted by Crippen LogP contribution is -2.48. The van der Waals surface area contributed by atoms with Crippen LogP contribution in [0.5, 0.6) is 11.5 Å².